The van der Waals surface area contributed by atoms with Crippen molar-refractivity contribution in [3.05, 3.63) is 117 Å². The van der Waals surface area contributed by atoms with Gasteiger partial charge in [0.05, 0.1) is 10.9 Å². The van der Waals surface area contributed by atoms with Crippen molar-refractivity contribution in [3.8, 4) is 5.75 Å². The Morgan fingerprint density at radius 3 is 2.50 bits per heavy atom. The molecule has 3 aromatic carbocycles. The highest BCUT2D eigenvalue weighted by Crippen LogP contribution is 2.27. The molecular weight excluding hydrogens is 406 g/mol. The van der Waals surface area contributed by atoms with E-state index in [0.29, 0.717) is 22.2 Å². The van der Waals surface area contributed by atoms with Gasteiger partial charge in [-0.15, -0.1) is 0 Å². The van der Waals surface area contributed by atoms with E-state index in [1.165, 1.54) is 6.07 Å². The summed E-state index contributed by atoms with van der Waals surface area (Å²) in [4.78, 5) is 28.8. The van der Waals surface area contributed by atoms with Crippen LogP contribution >= 0.6 is 0 Å². The lowest BCUT2D eigenvalue weighted by Crippen LogP contribution is -2.07. The molecule has 0 radical (unpaired) electrons. The second-order valence-corrected chi connectivity index (χ2v) is 7.25. The Kier molecular flexibility index (Phi) is 4.88. The van der Waals surface area contributed by atoms with Gasteiger partial charge in [0.2, 0.25) is 0 Å². The Balaban J connectivity index is 1.65. The number of para-hydroxylation sites is 1. The lowest BCUT2D eigenvalue weighted by atomic mass is 10.1. The molecule has 0 unspecified atom stereocenters. The maximum Gasteiger partial charge on any atom is 0.347 e. The van der Waals surface area contributed by atoms with Gasteiger partial charge in [-0.3, -0.25) is 0 Å². The van der Waals surface area contributed by atoms with Crippen LogP contribution in [0.15, 0.2) is 97.3 Å². The molecule has 32 heavy (non-hydrogen) atoms. The van der Waals surface area contributed by atoms with E-state index in [0.717, 1.165) is 16.5 Å². The minimum atomic E-state index is -0.506. The molecular formula is C26H17NO5. The molecule has 0 saturated heterocycles. The summed E-state index contributed by atoms with van der Waals surface area (Å²) in [7, 11) is 0. The van der Waals surface area contributed by atoms with Crippen molar-refractivity contribution in [2.45, 2.75) is 6.92 Å². The normalized spacial score (nSPS) is 11.7. The summed E-state index contributed by atoms with van der Waals surface area (Å²) in [5.41, 5.74) is 1.61. The van der Waals surface area contributed by atoms with Gasteiger partial charge in [-0.25, -0.2) is 14.6 Å². The first-order valence-corrected chi connectivity index (χ1v) is 9.96. The minimum absolute atomic E-state index is 0.0448. The van der Waals surface area contributed by atoms with E-state index in [-0.39, 0.29) is 11.6 Å². The number of aryl methyl sites for hydroxylation is 1. The summed E-state index contributed by atoms with van der Waals surface area (Å²) >= 11 is 0. The van der Waals surface area contributed by atoms with E-state index >= 15 is 0 Å². The maximum absolute atomic E-state index is 12.5. The highest BCUT2D eigenvalue weighted by Gasteiger charge is 2.15. The molecule has 6 heteroatoms. The van der Waals surface area contributed by atoms with Crippen LogP contribution in [0.5, 0.6) is 5.75 Å². The molecule has 6 nitrogen and oxygen atoms in total. The molecule has 0 amide bonds. The number of fused-ring (bicyclic) bond motifs is 2. The third kappa shape index (κ3) is 3.81. The molecule has 0 N–H and O–H groups in total. The van der Waals surface area contributed by atoms with Gasteiger partial charge in [-0.05, 0) is 48.4 Å². The van der Waals surface area contributed by atoms with E-state index in [1.807, 2.05) is 43.3 Å². The number of hydrogen-bond donors (Lipinski definition) is 0. The van der Waals surface area contributed by atoms with E-state index in [4.69, 9.17) is 13.6 Å². The molecule has 156 valence electrons. The highest BCUT2D eigenvalue weighted by molar-refractivity contribution is 5.83. The molecule has 0 saturated carbocycles. The van der Waals surface area contributed by atoms with Gasteiger partial charge in [0, 0.05) is 17.5 Å². The average Bonchev–Trinajstić information content (AvgIpc) is 2.79. The molecule has 0 atom stereocenters. The molecule has 2 aromatic heterocycles. The first-order chi connectivity index (χ1) is 15.6. The van der Waals surface area contributed by atoms with Crippen molar-refractivity contribution in [2.24, 2.45) is 0 Å². The number of nitrogens with zero attached hydrogens (tertiary/aromatic N) is 1. The number of rotatable bonds is 4. The van der Waals surface area contributed by atoms with Crippen molar-refractivity contribution in [2.75, 3.05) is 0 Å². The third-order valence-corrected chi connectivity index (χ3v) is 4.99. The second kappa shape index (κ2) is 8.00. The molecule has 5 rings (SSSR count). The molecule has 5 aromatic rings. The van der Waals surface area contributed by atoms with Gasteiger partial charge in [-0.1, -0.05) is 42.5 Å². The first kappa shape index (κ1) is 19.5. The Morgan fingerprint density at radius 2 is 1.66 bits per heavy atom. The van der Waals surface area contributed by atoms with Gasteiger partial charge in [-0.2, -0.15) is 0 Å². The van der Waals surface area contributed by atoms with E-state index < -0.39 is 11.3 Å². The Bertz CT molecular complexity index is 1600. The lowest BCUT2D eigenvalue weighted by molar-refractivity contribution is 0.431. The van der Waals surface area contributed by atoms with Gasteiger partial charge in [0.15, 0.2) is 5.76 Å². The Hall–Kier alpha value is -4.45. The predicted octanol–water partition coefficient (Wildman–Crippen LogP) is 5.18. The largest absolute Gasteiger partial charge is 0.451 e. The van der Waals surface area contributed by atoms with Crippen LogP contribution in [-0.4, -0.2) is 4.98 Å². The number of ether oxygens (including phenoxy) is 1. The van der Waals surface area contributed by atoms with Crippen molar-refractivity contribution in [3.63, 3.8) is 0 Å². The molecule has 0 bridgehead atoms. The topological polar surface area (TPSA) is 82.5 Å². The first-order valence-electron chi connectivity index (χ1n) is 9.96. The van der Waals surface area contributed by atoms with Crippen molar-refractivity contribution in [1.29, 1.82) is 0 Å². The molecule has 0 aliphatic carbocycles. The van der Waals surface area contributed by atoms with Gasteiger partial charge >= 0.3 is 11.3 Å². The number of benzene rings is 3. The van der Waals surface area contributed by atoms with Crippen molar-refractivity contribution >= 4 is 33.7 Å². The van der Waals surface area contributed by atoms with Gasteiger partial charge in [0.25, 0.3) is 5.89 Å². The summed E-state index contributed by atoms with van der Waals surface area (Å²) < 4.78 is 16.9. The predicted molar refractivity (Wildman–Crippen MR) is 122 cm³/mol. The maximum atomic E-state index is 12.5. The lowest BCUT2D eigenvalue weighted by Gasteiger charge is -2.10. The zero-order valence-corrected chi connectivity index (χ0v) is 17.1. The zero-order chi connectivity index (χ0) is 22.1. The number of hydrogen-bond acceptors (Lipinski definition) is 6. The summed E-state index contributed by atoms with van der Waals surface area (Å²) in [5, 5.41) is 1.19. The average molecular weight is 423 g/mol. The molecule has 0 spiro atoms. The summed E-state index contributed by atoms with van der Waals surface area (Å²) in [5.74, 6) is 0.697. The Morgan fingerprint density at radius 1 is 0.875 bits per heavy atom. The quantitative estimate of drug-likeness (QED) is 0.293. The highest BCUT2D eigenvalue weighted by atomic mass is 16.5. The number of aromatic nitrogens is 1. The smallest absolute Gasteiger partial charge is 0.347 e. The third-order valence-electron chi connectivity index (χ3n) is 4.99. The minimum Gasteiger partial charge on any atom is -0.451 e. The van der Waals surface area contributed by atoms with E-state index in [9.17, 15) is 9.59 Å². The standard InChI is InChI=1S/C26H17NO5/c1-16-13-24(28)31-22-15-18(11-12-19(16)22)30-23(14-17-7-3-2-4-8-17)25-27-21-10-6-5-9-20(21)26(29)32-25/h2-15H,1H3. The van der Waals surface area contributed by atoms with Crippen LogP contribution in [0.3, 0.4) is 0 Å². The van der Waals surface area contributed by atoms with Gasteiger partial charge in [0.1, 0.15) is 11.3 Å². The Labute approximate surface area is 182 Å². The molecule has 0 fully saturated rings. The zero-order valence-electron chi connectivity index (χ0n) is 17.1. The van der Waals surface area contributed by atoms with Crippen molar-refractivity contribution in [1.82, 2.24) is 4.98 Å². The summed E-state index contributed by atoms with van der Waals surface area (Å²) in [6.45, 7) is 1.84. The second-order valence-electron chi connectivity index (χ2n) is 7.25. The van der Waals surface area contributed by atoms with Crippen LogP contribution in [-0.2, 0) is 0 Å². The summed E-state index contributed by atoms with van der Waals surface area (Å²) in [6, 6.07) is 23.1. The SMILES string of the molecule is Cc1cc(=O)oc2cc(OC(=Cc3ccccc3)c3nc4ccccc4c(=O)o3)ccc12. The van der Waals surface area contributed by atoms with Crippen LogP contribution < -0.4 is 16.0 Å². The fourth-order valence-electron chi connectivity index (χ4n) is 3.46. The molecule has 0 aliphatic rings. The van der Waals surface area contributed by atoms with Gasteiger partial charge < -0.3 is 13.6 Å². The van der Waals surface area contributed by atoms with Crippen LogP contribution in [0.4, 0.5) is 0 Å². The van der Waals surface area contributed by atoms with E-state index in [2.05, 4.69) is 4.98 Å². The van der Waals surface area contributed by atoms with Crippen LogP contribution in [0.2, 0.25) is 0 Å². The fraction of sp³-hybridized carbons (Fsp3) is 0.0385. The monoisotopic (exact) mass is 423 g/mol. The fourth-order valence-corrected chi connectivity index (χ4v) is 3.46. The van der Waals surface area contributed by atoms with Crippen LogP contribution in [0, 0.1) is 6.92 Å². The molecule has 0 aliphatic heterocycles. The van der Waals surface area contributed by atoms with Crippen molar-refractivity contribution < 1.29 is 13.6 Å². The van der Waals surface area contributed by atoms with Crippen LogP contribution in [0.1, 0.15) is 17.0 Å². The summed E-state index contributed by atoms with van der Waals surface area (Å²) in [6.07, 6.45) is 1.73. The van der Waals surface area contributed by atoms with E-state index in [1.54, 1.807) is 42.5 Å². The van der Waals surface area contributed by atoms with Crippen LogP contribution in [0.25, 0.3) is 33.7 Å². The molecule has 2 heterocycles.